The van der Waals surface area contributed by atoms with Gasteiger partial charge in [-0.1, -0.05) is 11.8 Å². The maximum atomic E-state index is 12.7. The van der Waals surface area contributed by atoms with Crippen LogP contribution in [0.25, 0.3) is 0 Å². The van der Waals surface area contributed by atoms with Crippen molar-refractivity contribution in [1.29, 1.82) is 0 Å². The summed E-state index contributed by atoms with van der Waals surface area (Å²) in [5, 5.41) is 4.29. The predicted octanol–water partition coefficient (Wildman–Crippen LogP) is 3.96. The Hall–Kier alpha value is -1.01. The molecule has 28 heavy (non-hydrogen) atoms. The minimum Gasteiger partial charge on any atom is -0.383 e. The highest BCUT2D eigenvalue weighted by Crippen LogP contribution is 2.61. The largest absolute Gasteiger partial charge is 0.383 e. The van der Waals surface area contributed by atoms with Gasteiger partial charge < -0.3 is 14.6 Å². The van der Waals surface area contributed by atoms with Crippen molar-refractivity contribution >= 4 is 17.7 Å². The molecule has 1 heterocycles. The zero-order valence-corrected chi connectivity index (χ0v) is 18.6. The Morgan fingerprint density at radius 3 is 2.43 bits per heavy atom. The van der Waals surface area contributed by atoms with Crippen molar-refractivity contribution in [2.45, 2.75) is 77.0 Å². The normalized spacial score (nSPS) is 31.9. The first kappa shape index (κ1) is 20.3. The van der Waals surface area contributed by atoms with Crippen LogP contribution in [0.2, 0.25) is 0 Å². The van der Waals surface area contributed by atoms with Gasteiger partial charge in [0.05, 0.1) is 18.1 Å². The zero-order valence-electron chi connectivity index (χ0n) is 17.8. The fraction of sp³-hybridized carbons (Fsp3) is 0.818. The van der Waals surface area contributed by atoms with Crippen LogP contribution in [0.1, 0.15) is 56.8 Å². The number of nitrogens with zero attached hydrogens (tertiary/aromatic N) is 2. The monoisotopic (exact) mass is 405 g/mol. The van der Waals surface area contributed by atoms with Gasteiger partial charge in [0.25, 0.3) is 0 Å². The first-order valence-corrected chi connectivity index (χ1v) is 11.8. The Morgan fingerprint density at radius 1 is 1.25 bits per heavy atom. The average Bonchev–Trinajstić information content (AvgIpc) is 2.91. The summed E-state index contributed by atoms with van der Waals surface area (Å²) in [5.74, 6) is 3.32. The van der Waals surface area contributed by atoms with Crippen molar-refractivity contribution in [1.82, 2.24) is 14.9 Å². The maximum Gasteiger partial charge on any atom is 0.230 e. The minimum atomic E-state index is 0.143. The van der Waals surface area contributed by atoms with Gasteiger partial charge in [0.2, 0.25) is 5.91 Å². The van der Waals surface area contributed by atoms with E-state index in [-0.39, 0.29) is 11.9 Å². The van der Waals surface area contributed by atoms with Crippen LogP contribution in [0.4, 0.5) is 0 Å². The van der Waals surface area contributed by atoms with E-state index in [4.69, 9.17) is 4.74 Å². The van der Waals surface area contributed by atoms with Crippen LogP contribution in [0.15, 0.2) is 5.16 Å². The number of thioether (sulfide) groups is 1. The number of aromatic nitrogens is 2. The molecule has 0 spiro atoms. The first-order chi connectivity index (χ1) is 13.4. The van der Waals surface area contributed by atoms with E-state index in [9.17, 15) is 4.79 Å². The van der Waals surface area contributed by atoms with Gasteiger partial charge in [-0.2, -0.15) is 0 Å². The maximum absolute atomic E-state index is 12.7. The predicted molar refractivity (Wildman–Crippen MR) is 113 cm³/mol. The van der Waals surface area contributed by atoms with Crippen LogP contribution in [-0.2, 0) is 16.1 Å². The smallest absolute Gasteiger partial charge is 0.230 e. The van der Waals surface area contributed by atoms with Crippen molar-refractivity contribution in [2.75, 3.05) is 19.5 Å². The zero-order chi connectivity index (χ0) is 19.9. The van der Waals surface area contributed by atoms with Crippen LogP contribution in [0.5, 0.6) is 0 Å². The third-order valence-electron chi connectivity index (χ3n) is 7.66. The van der Waals surface area contributed by atoms with E-state index in [0.29, 0.717) is 17.8 Å². The molecule has 1 atom stereocenters. The summed E-state index contributed by atoms with van der Waals surface area (Å²) >= 11 is 1.54. The van der Waals surface area contributed by atoms with E-state index in [0.717, 1.165) is 40.8 Å². The van der Waals surface area contributed by atoms with Crippen molar-refractivity contribution < 1.29 is 9.53 Å². The quantitative estimate of drug-likeness (QED) is 0.665. The molecule has 0 aromatic carbocycles. The molecule has 5 nitrogen and oxygen atoms in total. The second kappa shape index (κ2) is 8.02. The van der Waals surface area contributed by atoms with Crippen LogP contribution in [0, 0.1) is 37.0 Å². The number of hydrogen-bond acceptors (Lipinski definition) is 4. The number of aryl methyl sites for hydroxylation is 1. The molecule has 1 aromatic rings. The van der Waals surface area contributed by atoms with Crippen molar-refractivity contribution in [3.05, 3.63) is 11.4 Å². The second-order valence-electron chi connectivity index (χ2n) is 9.57. The number of imidazole rings is 1. The van der Waals surface area contributed by atoms with Gasteiger partial charge in [0.15, 0.2) is 5.16 Å². The summed E-state index contributed by atoms with van der Waals surface area (Å²) in [6.07, 6.45) is 8.31. The lowest BCUT2D eigenvalue weighted by Crippen LogP contribution is -2.56. The average molecular weight is 406 g/mol. The highest BCUT2D eigenvalue weighted by atomic mass is 32.2. The molecule has 0 saturated heterocycles. The lowest BCUT2D eigenvalue weighted by Gasteiger charge is -2.59. The van der Waals surface area contributed by atoms with E-state index in [2.05, 4.69) is 28.7 Å². The molecule has 1 amide bonds. The van der Waals surface area contributed by atoms with Crippen LogP contribution < -0.4 is 5.32 Å². The lowest BCUT2D eigenvalue weighted by molar-refractivity contribution is -0.123. The lowest BCUT2D eigenvalue weighted by atomic mass is 9.48. The molecular weight excluding hydrogens is 370 g/mol. The SMILES string of the molecule is COCCn1c(SCC(=O)N[C@H](C)C23CC4CC(CC(C4)C2)C3)nc(C)c1C. The van der Waals surface area contributed by atoms with Gasteiger partial charge >= 0.3 is 0 Å². The fourth-order valence-corrected chi connectivity index (χ4v) is 7.38. The standard InChI is InChI=1S/C22H35N3O2S/c1-14-15(2)25(5-6-27-4)21(23-14)28-13-20(26)24-16(3)22-10-17-7-18(11-22)9-19(8-17)12-22/h16-19H,5-13H2,1-4H3,(H,24,26)/t16-,17?,18?,19?,22?/m1/s1. The summed E-state index contributed by atoms with van der Waals surface area (Å²) < 4.78 is 7.39. The summed E-state index contributed by atoms with van der Waals surface area (Å²) in [4.78, 5) is 17.4. The third-order valence-corrected chi connectivity index (χ3v) is 8.63. The van der Waals surface area contributed by atoms with Crippen LogP contribution >= 0.6 is 11.8 Å². The van der Waals surface area contributed by atoms with E-state index in [1.54, 1.807) is 18.9 Å². The molecular formula is C22H35N3O2S. The number of carbonyl (C=O) groups is 1. The van der Waals surface area contributed by atoms with Gasteiger partial charge in [-0.05, 0) is 82.5 Å². The van der Waals surface area contributed by atoms with Gasteiger partial charge in [0.1, 0.15) is 0 Å². The summed E-state index contributed by atoms with van der Waals surface area (Å²) in [7, 11) is 1.71. The number of methoxy groups -OCH3 is 1. The topological polar surface area (TPSA) is 56.1 Å². The molecule has 6 heteroatoms. The Bertz CT molecular complexity index is 694. The van der Waals surface area contributed by atoms with Crippen LogP contribution in [-0.4, -0.2) is 41.0 Å². The van der Waals surface area contributed by atoms with Gasteiger partial charge in [-0.25, -0.2) is 4.98 Å². The van der Waals surface area contributed by atoms with E-state index >= 15 is 0 Å². The summed E-state index contributed by atoms with van der Waals surface area (Å²) in [5.41, 5.74) is 2.54. The van der Waals surface area contributed by atoms with E-state index < -0.39 is 0 Å². The Kier molecular flexibility index (Phi) is 5.81. The number of carbonyl (C=O) groups excluding carboxylic acids is 1. The highest BCUT2D eigenvalue weighted by Gasteiger charge is 2.53. The van der Waals surface area contributed by atoms with Crippen molar-refractivity contribution in [2.24, 2.45) is 23.2 Å². The van der Waals surface area contributed by atoms with E-state index in [1.807, 2.05) is 6.92 Å². The van der Waals surface area contributed by atoms with Gasteiger partial charge in [0, 0.05) is 25.4 Å². The number of rotatable bonds is 8. The van der Waals surface area contributed by atoms with Crippen LogP contribution in [0.3, 0.4) is 0 Å². The summed E-state index contributed by atoms with van der Waals surface area (Å²) in [6.45, 7) is 7.79. The molecule has 1 N–H and O–H groups in total. The molecule has 4 aliphatic rings. The van der Waals surface area contributed by atoms with E-state index in [1.165, 1.54) is 38.5 Å². The number of nitrogens with one attached hydrogen (secondary N) is 1. The minimum absolute atomic E-state index is 0.143. The molecule has 4 aliphatic carbocycles. The number of hydrogen-bond donors (Lipinski definition) is 1. The fourth-order valence-electron chi connectivity index (χ4n) is 6.45. The molecule has 5 rings (SSSR count). The van der Waals surface area contributed by atoms with Gasteiger partial charge in [-0.3, -0.25) is 4.79 Å². The number of ether oxygens (including phenoxy) is 1. The third kappa shape index (κ3) is 3.87. The Labute approximate surface area is 173 Å². The van der Waals surface area contributed by atoms with Gasteiger partial charge in [-0.15, -0.1) is 0 Å². The molecule has 4 fully saturated rings. The molecule has 0 unspecified atom stereocenters. The Balaban J connectivity index is 1.34. The Morgan fingerprint density at radius 2 is 1.86 bits per heavy atom. The molecule has 0 aliphatic heterocycles. The second-order valence-corrected chi connectivity index (χ2v) is 10.5. The summed E-state index contributed by atoms with van der Waals surface area (Å²) in [6, 6.07) is 0.283. The molecule has 156 valence electrons. The first-order valence-electron chi connectivity index (χ1n) is 10.8. The van der Waals surface area contributed by atoms with Crippen molar-refractivity contribution in [3.63, 3.8) is 0 Å². The molecule has 4 bridgehead atoms. The highest BCUT2D eigenvalue weighted by molar-refractivity contribution is 7.99. The molecule has 4 saturated carbocycles. The number of amides is 1. The van der Waals surface area contributed by atoms with Crippen molar-refractivity contribution in [3.8, 4) is 0 Å². The molecule has 1 aromatic heterocycles. The molecule has 0 radical (unpaired) electrons.